The molecule has 0 atom stereocenters. The lowest BCUT2D eigenvalue weighted by atomic mass is 10.1. The highest BCUT2D eigenvalue weighted by Gasteiger charge is 2.16. The minimum atomic E-state index is 0.00572. The predicted octanol–water partition coefficient (Wildman–Crippen LogP) is 5.88. The van der Waals surface area contributed by atoms with Gasteiger partial charge in [-0.1, -0.05) is 30.0 Å². The van der Waals surface area contributed by atoms with Crippen LogP contribution in [0.15, 0.2) is 47.5 Å². The van der Waals surface area contributed by atoms with E-state index in [0.29, 0.717) is 5.75 Å². The van der Waals surface area contributed by atoms with Crippen LogP contribution in [-0.2, 0) is 4.79 Å². The topological polar surface area (TPSA) is 45.2 Å². The van der Waals surface area contributed by atoms with Crippen LogP contribution in [-0.4, -0.2) is 29.7 Å². The monoisotopic (exact) mass is 419 g/mol. The molecule has 1 saturated heterocycles. The van der Waals surface area contributed by atoms with E-state index in [1.807, 2.05) is 18.2 Å². The second kappa shape index (κ2) is 9.09. The van der Waals surface area contributed by atoms with Gasteiger partial charge >= 0.3 is 0 Å². The van der Waals surface area contributed by atoms with E-state index in [1.165, 1.54) is 47.5 Å². The first kappa shape index (κ1) is 20.7. The van der Waals surface area contributed by atoms with Crippen molar-refractivity contribution in [3.05, 3.63) is 59.2 Å². The molecule has 1 amide bonds. The molecule has 0 spiro atoms. The van der Waals surface area contributed by atoms with E-state index in [0.717, 1.165) is 40.6 Å². The quantitative estimate of drug-likeness (QED) is 0.525. The molecule has 2 heterocycles. The van der Waals surface area contributed by atoms with Gasteiger partial charge in [0.1, 0.15) is 5.03 Å². The number of carbonyl (C=O) groups is 1. The minimum absolute atomic E-state index is 0.00572. The third-order valence-electron chi connectivity index (χ3n) is 5.64. The Morgan fingerprint density at radius 1 is 1.03 bits per heavy atom. The van der Waals surface area contributed by atoms with Gasteiger partial charge in [-0.05, 0) is 81.0 Å². The molecule has 1 N–H and O–H groups in total. The molecular weight excluding hydrogens is 390 g/mol. The molecule has 0 saturated carbocycles. The Hall–Kier alpha value is -2.53. The van der Waals surface area contributed by atoms with Crippen molar-refractivity contribution in [1.29, 1.82) is 0 Å². The SMILES string of the molecule is Cc1cc(C)c2cc(C)c(SCC(=O)Nc3ccccc3N3CCCCC3)nc2c1. The van der Waals surface area contributed by atoms with Gasteiger partial charge in [0.05, 0.1) is 22.6 Å². The van der Waals surface area contributed by atoms with Gasteiger partial charge in [0.25, 0.3) is 0 Å². The molecule has 1 fully saturated rings. The number of aromatic nitrogens is 1. The Labute approximate surface area is 183 Å². The molecule has 2 aromatic carbocycles. The summed E-state index contributed by atoms with van der Waals surface area (Å²) >= 11 is 1.51. The maximum absolute atomic E-state index is 12.7. The van der Waals surface area contributed by atoms with Gasteiger partial charge in [-0.15, -0.1) is 0 Å². The number of benzene rings is 2. The Bertz CT molecular complexity index is 1070. The van der Waals surface area contributed by atoms with Crippen molar-refractivity contribution in [2.75, 3.05) is 29.1 Å². The number of anilines is 2. The molecule has 0 unspecified atom stereocenters. The molecule has 156 valence electrons. The zero-order valence-corrected chi connectivity index (χ0v) is 18.8. The van der Waals surface area contributed by atoms with E-state index in [4.69, 9.17) is 4.98 Å². The van der Waals surface area contributed by atoms with E-state index in [-0.39, 0.29) is 5.91 Å². The normalized spacial score (nSPS) is 14.2. The van der Waals surface area contributed by atoms with Crippen LogP contribution in [0, 0.1) is 20.8 Å². The number of nitrogens with one attached hydrogen (secondary N) is 1. The molecular formula is C25H29N3OS. The molecule has 1 aromatic heterocycles. The van der Waals surface area contributed by atoms with E-state index in [2.05, 4.69) is 55.3 Å². The van der Waals surface area contributed by atoms with E-state index < -0.39 is 0 Å². The van der Waals surface area contributed by atoms with Gasteiger partial charge in [0.2, 0.25) is 5.91 Å². The number of pyridine rings is 1. The van der Waals surface area contributed by atoms with Gasteiger partial charge in [0, 0.05) is 18.5 Å². The zero-order valence-electron chi connectivity index (χ0n) is 18.0. The third-order valence-corrected chi connectivity index (χ3v) is 6.74. The molecule has 1 aliphatic heterocycles. The number of nitrogens with zero attached hydrogens (tertiary/aromatic N) is 2. The summed E-state index contributed by atoms with van der Waals surface area (Å²) < 4.78 is 0. The molecule has 0 aliphatic carbocycles. The molecule has 4 nitrogen and oxygen atoms in total. The van der Waals surface area contributed by atoms with Crippen molar-refractivity contribution in [1.82, 2.24) is 4.98 Å². The fraction of sp³-hybridized carbons (Fsp3) is 0.360. The average Bonchev–Trinajstić information content (AvgIpc) is 2.74. The van der Waals surface area contributed by atoms with Crippen LogP contribution in [0.4, 0.5) is 11.4 Å². The van der Waals surface area contributed by atoms with Crippen molar-refractivity contribution in [3.8, 4) is 0 Å². The number of hydrogen-bond donors (Lipinski definition) is 1. The summed E-state index contributed by atoms with van der Waals surface area (Å²) in [6, 6.07) is 14.6. The van der Waals surface area contributed by atoms with Crippen LogP contribution in [0.1, 0.15) is 36.0 Å². The number of thioether (sulfide) groups is 1. The maximum atomic E-state index is 12.7. The summed E-state index contributed by atoms with van der Waals surface area (Å²) in [7, 11) is 0. The first-order valence-corrected chi connectivity index (χ1v) is 11.6. The van der Waals surface area contributed by atoms with Gasteiger partial charge < -0.3 is 10.2 Å². The van der Waals surface area contributed by atoms with Crippen LogP contribution in [0.5, 0.6) is 0 Å². The third kappa shape index (κ3) is 4.62. The number of carbonyl (C=O) groups excluding carboxylic acids is 1. The first-order chi connectivity index (χ1) is 14.5. The number of amides is 1. The summed E-state index contributed by atoms with van der Waals surface area (Å²) in [6.45, 7) is 8.39. The summed E-state index contributed by atoms with van der Waals surface area (Å²) in [5.74, 6) is 0.351. The lowest BCUT2D eigenvalue weighted by Gasteiger charge is -2.30. The largest absolute Gasteiger partial charge is 0.370 e. The highest BCUT2D eigenvalue weighted by Crippen LogP contribution is 2.30. The van der Waals surface area contributed by atoms with Crippen LogP contribution < -0.4 is 10.2 Å². The fourth-order valence-electron chi connectivity index (χ4n) is 4.17. The van der Waals surface area contributed by atoms with Crippen LogP contribution in [0.25, 0.3) is 10.9 Å². The first-order valence-electron chi connectivity index (χ1n) is 10.7. The van der Waals surface area contributed by atoms with Crippen molar-refractivity contribution < 1.29 is 4.79 Å². The van der Waals surface area contributed by atoms with Gasteiger partial charge in [0.15, 0.2) is 0 Å². The van der Waals surface area contributed by atoms with Crippen LogP contribution in [0.3, 0.4) is 0 Å². The number of aryl methyl sites for hydroxylation is 3. The molecule has 30 heavy (non-hydrogen) atoms. The molecule has 0 bridgehead atoms. The number of hydrogen-bond acceptors (Lipinski definition) is 4. The smallest absolute Gasteiger partial charge is 0.234 e. The number of fused-ring (bicyclic) bond motifs is 1. The molecule has 3 aromatic rings. The molecule has 5 heteroatoms. The second-order valence-electron chi connectivity index (χ2n) is 8.16. The number of piperidine rings is 1. The molecule has 0 radical (unpaired) electrons. The minimum Gasteiger partial charge on any atom is -0.370 e. The van der Waals surface area contributed by atoms with E-state index >= 15 is 0 Å². The van der Waals surface area contributed by atoms with Gasteiger partial charge in [-0.3, -0.25) is 4.79 Å². The highest BCUT2D eigenvalue weighted by molar-refractivity contribution is 8.00. The summed E-state index contributed by atoms with van der Waals surface area (Å²) in [5, 5.41) is 5.23. The summed E-state index contributed by atoms with van der Waals surface area (Å²) in [6.07, 6.45) is 3.72. The van der Waals surface area contributed by atoms with Crippen LogP contribution in [0.2, 0.25) is 0 Å². The van der Waals surface area contributed by atoms with E-state index in [1.54, 1.807) is 0 Å². The Morgan fingerprint density at radius 2 is 1.80 bits per heavy atom. The highest BCUT2D eigenvalue weighted by atomic mass is 32.2. The van der Waals surface area contributed by atoms with Crippen molar-refractivity contribution in [3.63, 3.8) is 0 Å². The molecule has 1 aliphatic rings. The lowest BCUT2D eigenvalue weighted by Crippen LogP contribution is -2.30. The average molecular weight is 420 g/mol. The Morgan fingerprint density at radius 3 is 2.60 bits per heavy atom. The Kier molecular flexibility index (Phi) is 6.28. The predicted molar refractivity (Wildman–Crippen MR) is 128 cm³/mol. The Balaban J connectivity index is 1.46. The van der Waals surface area contributed by atoms with Gasteiger partial charge in [-0.2, -0.15) is 0 Å². The van der Waals surface area contributed by atoms with Crippen molar-refractivity contribution in [2.45, 2.75) is 45.1 Å². The van der Waals surface area contributed by atoms with Gasteiger partial charge in [-0.25, -0.2) is 4.98 Å². The van der Waals surface area contributed by atoms with Crippen LogP contribution >= 0.6 is 11.8 Å². The number of rotatable bonds is 5. The molecule has 4 rings (SSSR count). The standard InChI is InChI=1S/C25H29N3OS/c1-17-13-18(2)20-15-19(3)25(27-22(20)14-17)30-16-24(29)26-21-9-5-6-10-23(21)28-11-7-4-8-12-28/h5-6,9-10,13-15H,4,7-8,11-12,16H2,1-3H3,(H,26,29). The summed E-state index contributed by atoms with van der Waals surface area (Å²) in [5.41, 5.74) is 6.59. The fourth-order valence-corrected chi connectivity index (χ4v) is 4.96. The van der Waals surface area contributed by atoms with E-state index in [9.17, 15) is 4.79 Å². The maximum Gasteiger partial charge on any atom is 0.234 e. The van der Waals surface area contributed by atoms with Crippen molar-refractivity contribution >= 4 is 39.9 Å². The van der Waals surface area contributed by atoms with Crippen molar-refractivity contribution in [2.24, 2.45) is 0 Å². The number of para-hydroxylation sites is 2. The summed E-state index contributed by atoms with van der Waals surface area (Å²) in [4.78, 5) is 19.9. The second-order valence-corrected chi connectivity index (χ2v) is 9.12. The lowest BCUT2D eigenvalue weighted by molar-refractivity contribution is -0.113. The zero-order chi connectivity index (χ0) is 21.1.